The third-order valence-corrected chi connectivity index (χ3v) is 3.22. The molecular weight excluding hydrogens is 194 g/mol. The summed E-state index contributed by atoms with van der Waals surface area (Å²) in [7, 11) is 0. The van der Waals surface area contributed by atoms with Crippen LogP contribution in [0.2, 0.25) is 0 Å². The molecule has 2 heterocycles. The topological polar surface area (TPSA) is 67.6 Å². The first-order valence-electron chi connectivity index (χ1n) is 5.67. The fraction of sp³-hybridized carbons (Fsp3) is 0.900. The molecule has 2 saturated heterocycles. The number of likely N-dealkylation sites (tertiary alicyclic amines) is 1. The van der Waals surface area contributed by atoms with Crippen molar-refractivity contribution in [3.63, 3.8) is 0 Å². The van der Waals surface area contributed by atoms with E-state index in [1.165, 1.54) is 0 Å². The number of primary amides is 1. The molecule has 2 unspecified atom stereocenters. The van der Waals surface area contributed by atoms with E-state index in [9.17, 15) is 4.79 Å². The molecular formula is C10H19N3O2. The number of hydrogen-bond acceptors (Lipinski definition) is 3. The minimum atomic E-state index is -0.311. The quantitative estimate of drug-likeness (QED) is 0.639. The Morgan fingerprint density at radius 1 is 1.47 bits per heavy atom. The van der Waals surface area contributed by atoms with Gasteiger partial charge in [-0.3, -0.25) is 0 Å². The normalized spacial score (nSPS) is 32.7. The number of nitrogens with one attached hydrogen (secondary N) is 1. The first-order chi connectivity index (χ1) is 7.29. The van der Waals surface area contributed by atoms with E-state index in [1.54, 1.807) is 4.90 Å². The lowest BCUT2D eigenvalue weighted by Gasteiger charge is -2.40. The van der Waals surface area contributed by atoms with E-state index in [1.807, 2.05) is 0 Å². The minimum Gasteiger partial charge on any atom is -0.373 e. The molecule has 2 aliphatic rings. The molecule has 2 aliphatic heterocycles. The van der Waals surface area contributed by atoms with E-state index in [-0.39, 0.29) is 18.2 Å². The third kappa shape index (κ3) is 2.41. The van der Waals surface area contributed by atoms with Gasteiger partial charge >= 0.3 is 6.03 Å². The van der Waals surface area contributed by atoms with Gasteiger partial charge in [-0.05, 0) is 19.3 Å². The molecule has 86 valence electrons. The number of carbonyl (C=O) groups excluding carboxylic acids is 1. The SMILES string of the molecule is NC(=O)N1CCCCC1C1CNCCO1. The van der Waals surface area contributed by atoms with Crippen LogP contribution in [0, 0.1) is 0 Å². The Labute approximate surface area is 89.9 Å². The van der Waals surface area contributed by atoms with Crippen LogP contribution in [-0.2, 0) is 4.74 Å². The average molecular weight is 213 g/mol. The number of amides is 2. The van der Waals surface area contributed by atoms with Crippen molar-refractivity contribution in [2.24, 2.45) is 5.73 Å². The highest BCUT2D eigenvalue weighted by atomic mass is 16.5. The maximum Gasteiger partial charge on any atom is 0.315 e. The molecule has 2 atom stereocenters. The zero-order valence-electron chi connectivity index (χ0n) is 8.95. The van der Waals surface area contributed by atoms with E-state index >= 15 is 0 Å². The Morgan fingerprint density at radius 3 is 3.00 bits per heavy atom. The van der Waals surface area contributed by atoms with Crippen LogP contribution in [0.4, 0.5) is 4.79 Å². The van der Waals surface area contributed by atoms with Crippen molar-refractivity contribution >= 4 is 6.03 Å². The minimum absolute atomic E-state index is 0.117. The van der Waals surface area contributed by atoms with Crippen molar-refractivity contribution in [3.05, 3.63) is 0 Å². The Hall–Kier alpha value is -0.810. The first kappa shape index (κ1) is 10.7. The fourth-order valence-electron chi connectivity index (χ4n) is 2.45. The maximum absolute atomic E-state index is 11.3. The number of hydrogen-bond donors (Lipinski definition) is 2. The fourth-order valence-corrected chi connectivity index (χ4v) is 2.45. The van der Waals surface area contributed by atoms with Gasteiger partial charge in [-0.1, -0.05) is 0 Å². The summed E-state index contributed by atoms with van der Waals surface area (Å²) in [5.74, 6) is 0. The number of morpholine rings is 1. The molecule has 2 amide bonds. The molecule has 0 saturated carbocycles. The highest BCUT2D eigenvalue weighted by molar-refractivity contribution is 5.72. The summed E-state index contributed by atoms with van der Waals surface area (Å²) in [5, 5.41) is 3.29. The summed E-state index contributed by atoms with van der Waals surface area (Å²) >= 11 is 0. The molecule has 2 fully saturated rings. The van der Waals surface area contributed by atoms with Crippen LogP contribution in [-0.4, -0.2) is 49.3 Å². The smallest absolute Gasteiger partial charge is 0.315 e. The zero-order chi connectivity index (χ0) is 10.7. The highest BCUT2D eigenvalue weighted by Gasteiger charge is 2.33. The van der Waals surface area contributed by atoms with E-state index < -0.39 is 0 Å². The molecule has 0 aliphatic carbocycles. The van der Waals surface area contributed by atoms with Crippen molar-refractivity contribution in [2.45, 2.75) is 31.4 Å². The van der Waals surface area contributed by atoms with Gasteiger partial charge in [0.05, 0.1) is 18.8 Å². The standard InChI is InChI=1S/C10H19N3O2/c11-10(14)13-5-2-1-3-8(13)9-7-12-4-6-15-9/h8-9,12H,1-7H2,(H2,11,14). The van der Waals surface area contributed by atoms with Gasteiger partial charge in [-0.2, -0.15) is 0 Å². The number of rotatable bonds is 1. The Kier molecular flexibility index (Phi) is 3.43. The van der Waals surface area contributed by atoms with Gasteiger partial charge in [-0.25, -0.2) is 4.79 Å². The number of urea groups is 1. The lowest BCUT2D eigenvalue weighted by molar-refractivity contribution is -0.0303. The van der Waals surface area contributed by atoms with Crippen LogP contribution in [0.15, 0.2) is 0 Å². The Morgan fingerprint density at radius 2 is 2.33 bits per heavy atom. The van der Waals surface area contributed by atoms with Gasteiger partial charge in [0.25, 0.3) is 0 Å². The van der Waals surface area contributed by atoms with Gasteiger partial charge in [0.2, 0.25) is 0 Å². The van der Waals surface area contributed by atoms with Crippen molar-refractivity contribution in [1.82, 2.24) is 10.2 Å². The zero-order valence-corrected chi connectivity index (χ0v) is 8.95. The molecule has 0 aromatic rings. The predicted octanol–water partition coefficient (Wildman–Crippen LogP) is -0.0920. The molecule has 0 aromatic carbocycles. The Bertz CT molecular complexity index is 229. The van der Waals surface area contributed by atoms with Crippen molar-refractivity contribution in [2.75, 3.05) is 26.2 Å². The predicted molar refractivity (Wildman–Crippen MR) is 56.5 cm³/mol. The average Bonchev–Trinajstić information content (AvgIpc) is 2.30. The second-order valence-corrected chi connectivity index (χ2v) is 4.21. The van der Waals surface area contributed by atoms with Gasteiger partial charge < -0.3 is 20.7 Å². The molecule has 5 nitrogen and oxygen atoms in total. The van der Waals surface area contributed by atoms with Gasteiger partial charge in [-0.15, -0.1) is 0 Å². The van der Waals surface area contributed by atoms with Crippen LogP contribution in [0.1, 0.15) is 19.3 Å². The van der Waals surface area contributed by atoms with E-state index in [0.29, 0.717) is 0 Å². The number of piperidine rings is 1. The van der Waals surface area contributed by atoms with Crippen LogP contribution in [0.3, 0.4) is 0 Å². The number of nitrogens with two attached hydrogens (primary N) is 1. The summed E-state index contributed by atoms with van der Waals surface area (Å²) in [6.45, 7) is 3.24. The van der Waals surface area contributed by atoms with Crippen LogP contribution in [0.5, 0.6) is 0 Å². The molecule has 5 heteroatoms. The number of carbonyl (C=O) groups is 1. The van der Waals surface area contributed by atoms with Crippen LogP contribution in [0.25, 0.3) is 0 Å². The van der Waals surface area contributed by atoms with Crippen LogP contribution >= 0.6 is 0 Å². The second-order valence-electron chi connectivity index (χ2n) is 4.21. The monoisotopic (exact) mass is 213 g/mol. The molecule has 0 spiro atoms. The molecule has 0 aromatic heterocycles. The molecule has 2 rings (SSSR count). The van der Waals surface area contributed by atoms with Crippen molar-refractivity contribution in [1.29, 1.82) is 0 Å². The van der Waals surface area contributed by atoms with Crippen LogP contribution < -0.4 is 11.1 Å². The van der Waals surface area contributed by atoms with Gasteiger partial charge in [0.15, 0.2) is 0 Å². The van der Waals surface area contributed by atoms with Gasteiger partial charge in [0.1, 0.15) is 0 Å². The molecule has 3 N–H and O–H groups in total. The second kappa shape index (κ2) is 4.81. The summed E-state index contributed by atoms with van der Waals surface area (Å²) in [6.07, 6.45) is 3.34. The summed E-state index contributed by atoms with van der Waals surface area (Å²) in [6, 6.07) is -0.141. The first-order valence-corrected chi connectivity index (χ1v) is 5.67. The summed E-state index contributed by atoms with van der Waals surface area (Å²) < 4.78 is 5.69. The Balaban J connectivity index is 1.99. The third-order valence-electron chi connectivity index (χ3n) is 3.22. The summed E-state index contributed by atoms with van der Waals surface area (Å²) in [5.41, 5.74) is 5.38. The molecule has 15 heavy (non-hydrogen) atoms. The van der Waals surface area contributed by atoms with E-state index in [2.05, 4.69) is 5.32 Å². The lowest BCUT2D eigenvalue weighted by atomic mass is 9.97. The molecule has 0 bridgehead atoms. The van der Waals surface area contributed by atoms with E-state index in [0.717, 1.165) is 45.5 Å². The van der Waals surface area contributed by atoms with E-state index in [4.69, 9.17) is 10.5 Å². The van der Waals surface area contributed by atoms with Crippen molar-refractivity contribution in [3.8, 4) is 0 Å². The number of nitrogens with zero attached hydrogens (tertiary/aromatic N) is 1. The van der Waals surface area contributed by atoms with Gasteiger partial charge in [0, 0.05) is 19.6 Å². The lowest BCUT2D eigenvalue weighted by Crippen LogP contribution is -2.56. The summed E-state index contributed by atoms with van der Waals surface area (Å²) in [4.78, 5) is 13.0. The largest absolute Gasteiger partial charge is 0.373 e. The highest BCUT2D eigenvalue weighted by Crippen LogP contribution is 2.21. The van der Waals surface area contributed by atoms with Crippen molar-refractivity contribution < 1.29 is 9.53 Å². The molecule has 0 radical (unpaired) electrons. The number of ether oxygens (including phenoxy) is 1. The maximum atomic E-state index is 11.3.